The van der Waals surface area contributed by atoms with E-state index in [4.69, 9.17) is 11.6 Å². The van der Waals surface area contributed by atoms with Gasteiger partial charge in [-0.2, -0.15) is 0 Å². The van der Waals surface area contributed by atoms with Crippen molar-refractivity contribution in [2.75, 3.05) is 19.5 Å². The second-order valence-corrected chi connectivity index (χ2v) is 3.57. The van der Waals surface area contributed by atoms with Gasteiger partial charge in [0.05, 0.1) is 4.92 Å². The minimum Gasteiger partial charge on any atom is -0.340 e. The van der Waals surface area contributed by atoms with Crippen molar-refractivity contribution >= 4 is 23.2 Å². The SMILES string of the molecule is CN(CCCl)C(=O)c1ccccc1[N+](=O)[O-]. The summed E-state index contributed by atoms with van der Waals surface area (Å²) in [7, 11) is 1.56. The van der Waals surface area contributed by atoms with Crippen LogP contribution >= 0.6 is 11.6 Å². The zero-order chi connectivity index (χ0) is 12.1. The van der Waals surface area contributed by atoms with Crippen LogP contribution < -0.4 is 0 Å². The number of alkyl halides is 1. The van der Waals surface area contributed by atoms with Crippen molar-refractivity contribution in [2.45, 2.75) is 0 Å². The van der Waals surface area contributed by atoms with Gasteiger partial charge in [0.15, 0.2) is 0 Å². The molecule has 0 spiro atoms. The van der Waals surface area contributed by atoms with E-state index < -0.39 is 10.8 Å². The van der Waals surface area contributed by atoms with Gasteiger partial charge in [0.1, 0.15) is 5.56 Å². The molecule has 0 radical (unpaired) electrons. The van der Waals surface area contributed by atoms with E-state index in [0.29, 0.717) is 12.4 Å². The quantitative estimate of drug-likeness (QED) is 0.460. The highest BCUT2D eigenvalue weighted by Gasteiger charge is 2.21. The van der Waals surface area contributed by atoms with Crippen molar-refractivity contribution in [3.63, 3.8) is 0 Å². The zero-order valence-corrected chi connectivity index (χ0v) is 9.48. The second-order valence-electron chi connectivity index (χ2n) is 3.19. The third-order valence-corrected chi connectivity index (χ3v) is 2.27. The number of nitrogens with zero attached hydrogens (tertiary/aromatic N) is 2. The smallest absolute Gasteiger partial charge is 0.282 e. The summed E-state index contributed by atoms with van der Waals surface area (Å²) >= 11 is 5.50. The Hall–Kier alpha value is -1.62. The topological polar surface area (TPSA) is 63.5 Å². The van der Waals surface area contributed by atoms with Crippen molar-refractivity contribution in [1.82, 2.24) is 4.90 Å². The average molecular weight is 243 g/mol. The van der Waals surface area contributed by atoms with Gasteiger partial charge in [0.25, 0.3) is 11.6 Å². The maximum Gasteiger partial charge on any atom is 0.282 e. The van der Waals surface area contributed by atoms with E-state index in [2.05, 4.69) is 0 Å². The van der Waals surface area contributed by atoms with E-state index in [1.165, 1.54) is 23.1 Å². The van der Waals surface area contributed by atoms with Crippen molar-refractivity contribution in [3.05, 3.63) is 39.9 Å². The predicted molar refractivity (Wildman–Crippen MR) is 60.8 cm³/mol. The molecule has 0 bridgehead atoms. The first kappa shape index (κ1) is 12.4. The molecule has 1 aromatic rings. The lowest BCUT2D eigenvalue weighted by Crippen LogP contribution is -2.29. The molecule has 0 aromatic heterocycles. The van der Waals surface area contributed by atoms with E-state index in [1.807, 2.05) is 0 Å². The Morgan fingerprint density at radius 1 is 1.50 bits per heavy atom. The number of rotatable bonds is 4. The van der Waals surface area contributed by atoms with Gasteiger partial charge in [-0.1, -0.05) is 12.1 Å². The van der Waals surface area contributed by atoms with Gasteiger partial charge in [-0.05, 0) is 6.07 Å². The standard InChI is InChI=1S/C10H11ClN2O3/c1-12(7-6-11)10(14)8-4-2-3-5-9(8)13(15)16/h2-5H,6-7H2,1H3. The summed E-state index contributed by atoms with van der Waals surface area (Å²) in [5, 5.41) is 10.7. The Morgan fingerprint density at radius 3 is 2.69 bits per heavy atom. The Bertz CT molecular complexity index is 409. The van der Waals surface area contributed by atoms with Crippen molar-refractivity contribution in [2.24, 2.45) is 0 Å². The van der Waals surface area contributed by atoms with Crippen molar-refractivity contribution in [1.29, 1.82) is 0 Å². The van der Waals surface area contributed by atoms with E-state index in [0.717, 1.165) is 0 Å². The van der Waals surface area contributed by atoms with Crippen LogP contribution in [0.4, 0.5) is 5.69 Å². The van der Waals surface area contributed by atoms with Crippen LogP contribution in [0.2, 0.25) is 0 Å². The molecule has 0 aliphatic rings. The molecule has 0 N–H and O–H groups in total. The van der Waals surface area contributed by atoms with Gasteiger partial charge in [-0.3, -0.25) is 14.9 Å². The minimum absolute atomic E-state index is 0.0834. The maximum absolute atomic E-state index is 11.8. The van der Waals surface area contributed by atoms with Crippen LogP contribution in [0, 0.1) is 10.1 Å². The Kier molecular flexibility index (Phi) is 4.25. The number of carbonyl (C=O) groups excluding carboxylic acids is 1. The second kappa shape index (κ2) is 5.46. The number of nitro benzene ring substituents is 1. The molecule has 0 fully saturated rings. The highest BCUT2D eigenvalue weighted by Crippen LogP contribution is 2.18. The van der Waals surface area contributed by atoms with Gasteiger partial charge in [-0.25, -0.2) is 0 Å². The molecular formula is C10H11ClN2O3. The number of benzene rings is 1. The third-order valence-electron chi connectivity index (χ3n) is 2.10. The fraction of sp³-hybridized carbons (Fsp3) is 0.300. The average Bonchev–Trinajstić information content (AvgIpc) is 2.28. The normalized spacial score (nSPS) is 9.88. The lowest BCUT2D eigenvalue weighted by atomic mass is 10.1. The molecule has 1 aromatic carbocycles. The lowest BCUT2D eigenvalue weighted by molar-refractivity contribution is -0.385. The number of carbonyl (C=O) groups is 1. The molecule has 5 nitrogen and oxygen atoms in total. The van der Waals surface area contributed by atoms with E-state index in [1.54, 1.807) is 13.1 Å². The molecule has 1 rings (SSSR count). The highest BCUT2D eigenvalue weighted by molar-refractivity contribution is 6.18. The summed E-state index contributed by atoms with van der Waals surface area (Å²) in [6, 6.07) is 5.86. The fourth-order valence-electron chi connectivity index (χ4n) is 1.25. The molecule has 1 amide bonds. The molecule has 0 heterocycles. The first-order chi connectivity index (χ1) is 7.57. The fourth-order valence-corrected chi connectivity index (χ4v) is 1.50. The van der Waals surface area contributed by atoms with Crippen LogP contribution in [0.1, 0.15) is 10.4 Å². The van der Waals surface area contributed by atoms with Crippen LogP contribution in [0.3, 0.4) is 0 Å². The lowest BCUT2D eigenvalue weighted by Gasteiger charge is -2.15. The number of para-hydroxylation sites is 1. The first-order valence-corrected chi connectivity index (χ1v) is 5.16. The van der Waals surface area contributed by atoms with Crippen LogP contribution in [-0.2, 0) is 0 Å². The first-order valence-electron chi connectivity index (χ1n) is 4.62. The summed E-state index contributed by atoms with van der Waals surface area (Å²) < 4.78 is 0. The monoisotopic (exact) mass is 242 g/mol. The summed E-state index contributed by atoms with van der Waals surface area (Å²) in [6.45, 7) is 0.354. The summed E-state index contributed by atoms with van der Waals surface area (Å²) in [5.74, 6) is -0.101. The maximum atomic E-state index is 11.8. The summed E-state index contributed by atoms with van der Waals surface area (Å²) in [5.41, 5.74) is -0.103. The molecule has 0 saturated carbocycles. The van der Waals surface area contributed by atoms with Crippen molar-refractivity contribution < 1.29 is 9.72 Å². The van der Waals surface area contributed by atoms with Gasteiger partial charge in [0, 0.05) is 25.5 Å². The van der Waals surface area contributed by atoms with Crippen LogP contribution in [0.5, 0.6) is 0 Å². The molecule has 6 heteroatoms. The van der Waals surface area contributed by atoms with Gasteiger partial charge in [0.2, 0.25) is 0 Å². The molecule has 86 valence electrons. The van der Waals surface area contributed by atoms with E-state index in [9.17, 15) is 14.9 Å². The molecule has 16 heavy (non-hydrogen) atoms. The minimum atomic E-state index is -0.568. The highest BCUT2D eigenvalue weighted by atomic mass is 35.5. The number of hydrogen-bond acceptors (Lipinski definition) is 3. The molecule has 0 aliphatic heterocycles. The summed E-state index contributed by atoms with van der Waals surface area (Å²) in [6.07, 6.45) is 0. The number of nitro groups is 1. The molecular weight excluding hydrogens is 232 g/mol. The number of hydrogen-bond donors (Lipinski definition) is 0. The number of amides is 1. The third kappa shape index (κ3) is 2.70. The molecule has 0 atom stereocenters. The zero-order valence-electron chi connectivity index (χ0n) is 8.72. The Morgan fingerprint density at radius 2 is 2.12 bits per heavy atom. The molecule has 0 aliphatic carbocycles. The van der Waals surface area contributed by atoms with Crippen molar-refractivity contribution in [3.8, 4) is 0 Å². The van der Waals surface area contributed by atoms with Crippen LogP contribution in [-0.4, -0.2) is 35.2 Å². The predicted octanol–water partition coefficient (Wildman–Crippen LogP) is 1.91. The summed E-state index contributed by atoms with van der Waals surface area (Å²) in [4.78, 5) is 23.3. The molecule has 0 unspecified atom stereocenters. The van der Waals surface area contributed by atoms with Gasteiger partial charge in [-0.15, -0.1) is 11.6 Å². The molecule has 0 saturated heterocycles. The van der Waals surface area contributed by atoms with Crippen LogP contribution in [0.25, 0.3) is 0 Å². The number of halogens is 1. The van der Waals surface area contributed by atoms with E-state index in [-0.39, 0.29) is 11.3 Å². The van der Waals surface area contributed by atoms with E-state index >= 15 is 0 Å². The Balaban J connectivity index is 3.03. The van der Waals surface area contributed by atoms with Gasteiger partial charge >= 0.3 is 0 Å². The van der Waals surface area contributed by atoms with Gasteiger partial charge < -0.3 is 4.90 Å². The van der Waals surface area contributed by atoms with Crippen LogP contribution in [0.15, 0.2) is 24.3 Å². The largest absolute Gasteiger partial charge is 0.340 e. The Labute approximate surface area is 97.8 Å².